The Morgan fingerprint density at radius 1 is 1.23 bits per heavy atom. The summed E-state index contributed by atoms with van der Waals surface area (Å²) in [7, 11) is -0.499. The van der Waals surface area contributed by atoms with Crippen molar-refractivity contribution in [3.05, 3.63) is 71.5 Å². The lowest BCUT2D eigenvalue weighted by atomic mass is 10.1. The van der Waals surface area contributed by atoms with Gasteiger partial charge in [-0.2, -0.15) is 4.72 Å². The molecule has 3 rings (SSSR count). The van der Waals surface area contributed by atoms with E-state index in [-0.39, 0.29) is 10.0 Å². The van der Waals surface area contributed by atoms with Crippen molar-refractivity contribution >= 4 is 21.6 Å². The first-order valence-corrected chi connectivity index (χ1v) is 9.52. The molecular formula is C17H17ClN4O3S. The second-order valence-corrected chi connectivity index (χ2v) is 7.65. The zero-order chi connectivity index (χ0) is 18.7. The van der Waals surface area contributed by atoms with Crippen molar-refractivity contribution in [2.75, 3.05) is 7.11 Å². The quantitative estimate of drug-likeness (QED) is 0.651. The Bertz CT molecular complexity index is 1000. The van der Waals surface area contributed by atoms with Crippen molar-refractivity contribution in [2.24, 2.45) is 7.05 Å². The summed E-state index contributed by atoms with van der Waals surface area (Å²) < 4.78 is 35.3. The van der Waals surface area contributed by atoms with Gasteiger partial charge >= 0.3 is 0 Å². The summed E-state index contributed by atoms with van der Waals surface area (Å²) in [5.74, 6) is 1.16. The van der Waals surface area contributed by atoms with E-state index in [9.17, 15) is 8.42 Å². The molecular weight excluding hydrogens is 376 g/mol. The maximum Gasteiger partial charge on any atom is 0.243 e. The van der Waals surface area contributed by atoms with Gasteiger partial charge in [-0.05, 0) is 29.8 Å². The zero-order valence-corrected chi connectivity index (χ0v) is 15.7. The van der Waals surface area contributed by atoms with Crippen LogP contribution in [-0.2, 0) is 17.1 Å². The Labute approximate surface area is 156 Å². The van der Waals surface area contributed by atoms with Crippen LogP contribution in [0.4, 0.5) is 0 Å². The zero-order valence-electron chi connectivity index (χ0n) is 14.1. The number of halogens is 1. The summed E-state index contributed by atoms with van der Waals surface area (Å²) in [6.45, 7) is 0. The average Bonchev–Trinajstić information content (AvgIpc) is 3.06. The second kappa shape index (κ2) is 7.45. The van der Waals surface area contributed by atoms with Crippen molar-refractivity contribution in [1.29, 1.82) is 0 Å². The van der Waals surface area contributed by atoms with E-state index in [2.05, 4.69) is 14.7 Å². The van der Waals surface area contributed by atoms with Gasteiger partial charge in [-0.1, -0.05) is 23.7 Å². The molecule has 0 saturated carbocycles. The van der Waals surface area contributed by atoms with Crippen LogP contribution in [0, 0.1) is 0 Å². The fraction of sp³-hybridized carbons (Fsp3) is 0.176. The van der Waals surface area contributed by atoms with Crippen LogP contribution in [-0.4, -0.2) is 30.1 Å². The van der Waals surface area contributed by atoms with E-state index >= 15 is 0 Å². The summed E-state index contributed by atoms with van der Waals surface area (Å²) in [5, 5.41) is 0.220. The van der Waals surface area contributed by atoms with E-state index in [1.165, 1.54) is 18.3 Å². The van der Waals surface area contributed by atoms with Gasteiger partial charge in [0.15, 0.2) is 0 Å². The van der Waals surface area contributed by atoms with Gasteiger partial charge in [0, 0.05) is 25.6 Å². The minimum absolute atomic E-state index is 0.0176. The van der Waals surface area contributed by atoms with Gasteiger partial charge in [0.1, 0.15) is 27.7 Å². The number of hydrogen-bond donors (Lipinski definition) is 1. The summed E-state index contributed by atoms with van der Waals surface area (Å²) in [4.78, 5) is 8.15. The van der Waals surface area contributed by atoms with Gasteiger partial charge in [0.05, 0.1) is 7.11 Å². The Hall–Kier alpha value is -2.42. The maximum atomic E-state index is 12.8. The highest BCUT2D eigenvalue weighted by Gasteiger charge is 2.26. The molecule has 0 aliphatic rings. The van der Waals surface area contributed by atoms with Crippen molar-refractivity contribution in [1.82, 2.24) is 19.3 Å². The van der Waals surface area contributed by atoms with E-state index in [1.54, 1.807) is 49.3 Å². The number of pyridine rings is 1. The minimum Gasteiger partial charge on any atom is -0.497 e. The van der Waals surface area contributed by atoms with Crippen LogP contribution in [0.3, 0.4) is 0 Å². The molecule has 0 radical (unpaired) electrons. The number of aryl methyl sites for hydroxylation is 1. The van der Waals surface area contributed by atoms with Crippen molar-refractivity contribution < 1.29 is 13.2 Å². The van der Waals surface area contributed by atoms with Crippen LogP contribution < -0.4 is 9.46 Å². The van der Waals surface area contributed by atoms with E-state index in [4.69, 9.17) is 16.3 Å². The number of nitrogens with one attached hydrogen (secondary N) is 1. The third kappa shape index (κ3) is 3.87. The monoisotopic (exact) mass is 392 g/mol. The second-order valence-electron chi connectivity index (χ2n) is 5.54. The van der Waals surface area contributed by atoms with Gasteiger partial charge in [-0.3, -0.25) is 0 Å². The predicted molar refractivity (Wildman–Crippen MR) is 97.6 cm³/mol. The molecule has 2 aromatic heterocycles. The van der Waals surface area contributed by atoms with Crippen LogP contribution >= 0.6 is 11.6 Å². The number of rotatable bonds is 6. The lowest BCUT2D eigenvalue weighted by Gasteiger charge is -2.19. The van der Waals surface area contributed by atoms with E-state index in [1.807, 2.05) is 6.07 Å². The molecule has 1 N–H and O–H groups in total. The molecule has 0 saturated heterocycles. The molecule has 2 heterocycles. The smallest absolute Gasteiger partial charge is 0.243 e. The highest BCUT2D eigenvalue weighted by Crippen LogP contribution is 2.26. The molecule has 26 heavy (non-hydrogen) atoms. The number of benzene rings is 1. The SMILES string of the molecule is COc1cccc(C(NS(=O)(=O)c2ccc(Cl)nc2)c2nccn2C)c1. The van der Waals surface area contributed by atoms with Crippen LogP contribution in [0.25, 0.3) is 0 Å². The molecule has 136 valence electrons. The predicted octanol–water partition coefficient (Wildman–Crippen LogP) is 2.55. The molecule has 1 unspecified atom stereocenters. The molecule has 0 amide bonds. The van der Waals surface area contributed by atoms with E-state index < -0.39 is 16.1 Å². The first kappa shape index (κ1) is 18.4. The summed E-state index contributed by atoms with van der Waals surface area (Å²) in [6, 6.07) is 9.28. The maximum absolute atomic E-state index is 12.8. The molecule has 0 fully saturated rings. The Morgan fingerprint density at radius 2 is 2.04 bits per heavy atom. The number of nitrogens with zero attached hydrogens (tertiary/aromatic N) is 3. The third-order valence-electron chi connectivity index (χ3n) is 3.83. The van der Waals surface area contributed by atoms with Gasteiger partial charge in [0.2, 0.25) is 10.0 Å². The van der Waals surface area contributed by atoms with Crippen LogP contribution in [0.1, 0.15) is 17.4 Å². The molecule has 9 heteroatoms. The fourth-order valence-electron chi connectivity index (χ4n) is 2.49. The largest absolute Gasteiger partial charge is 0.497 e. The first-order valence-electron chi connectivity index (χ1n) is 7.66. The highest BCUT2D eigenvalue weighted by atomic mass is 35.5. The number of ether oxygens (including phenoxy) is 1. The Balaban J connectivity index is 2.04. The first-order chi connectivity index (χ1) is 12.4. The third-order valence-corrected chi connectivity index (χ3v) is 5.46. The summed E-state index contributed by atoms with van der Waals surface area (Å²) in [5.41, 5.74) is 0.698. The summed E-state index contributed by atoms with van der Waals surface area (Å²) in [6.07, 6.45) is 4.58. The number of sulfonamides is 1. The highest BCUT2D eigenvalue weighted by molar-refractivity contribution is 7.89. The Kier molecular flexibility index (Phi) is 5.26. The molecule has 0 spiro atoms. The standard InChI is InChI=1S/C17H17ClN4O3S/c1-22-9-8-19-17(22)16(12-4-3-5-13(10-12)25-2)21-26(23,24)14-6-7-15(18)20-11-14/h3-11,16,21H,1-2H3. The van der Waals surface area contributed by atoms with Crippen molar-refractivity contribution in [2.45, 2.75) is 10.9 Å². The van der Waals surface area contributed by atoms with Gasteiger partial charge < -0.3 is 9.30 Å². The lowest BCUT2D eigenvalue weighted by molar-refractivity contribution is 0.413. The fourth-order valence-corrected chi connectivity index (χ4v) is 3.73. The van der Waals surface area contributed by atoms with Gasteiger partial charge in [-0.15, -0.1) is 0 Å². The van der Waals surface area contributed by atoms with Crippen LogP contribution in [0.5, 0.6) is 5.75 Å². The van der Waals surface area contributed by atoms with Crippen LogP contribution in [0.15, 0.2) is 59.9 Å². The topological polar surface area (TPSA) is 86.1 Å². The summed E-state index contributed by atoms with van der Waals surface area (Å²) >= 11 is 5.75. The molecule has 0 bridgehead atoms. The molecule has 7 nitrogen and oxygen atoms in total. The van der Waals surface area contributed by atoms with Crippen molar-refractivity contribution in [3.8, 4) is 5.75 Å². The molecule has 1 atom stereocenters. The number of aromatic nitrogens is 3. The number of hydrogen-bond acceptors (Lipinski definition) is 5. The molecule has 1 aromatic carbocycles. The van der Waals surface area contributed by atoms with Crippen LogP contribution in [0.2, 0.25) is 5.15 Å². The normalized spacial score (nSPS) is 12.7. The van der Waals surface area contributed by atoms with Crippen molar-refractivity contribution in [3.63, 3.8) is 0 Å². The van der Waals surface area contributed by atoms with Gasteiger partial charge in [0.25, 0.3) is 0 Å². The van der Waals surface area contributed by atoms with E-state index in [0.717, 1.165) is 0 Å². The average molecular weight is 393 g/mol. The molecule has 3 aromatic rings. The molecule has 0 aliphatic carbocycles. The molecule has 0 aliphatic heterocycles. The number of imidazole rings is 1. The van der Waals surface area contributed by atoms with Gasteiger partial charge in [-0.25, -0.2) is 18.4 Å². The Morgan fingerprint density at radius 3 is 2.65 bits per heavy atom. The van der Waals surface area contributed by atoms with E-state index in [0.29, 0.717) is 17.1 Å². The minimum atomic E-state index is -3.85. The number of methoxy groups -OCH3 is 1. The lowest BCUT2D eigenvalue weighted by Crippen LogP contribution is -2.31.